The van der Waals surface area contributed by atoms with E-state index in [4.69, 9.17) is 9.73 Å². The van der Waals surface area contributed by atoms with Crippen molar-refractivity contribution in [1.82, 2.24) is 20.9 Å². The second-order valence-corrected chi connectivity index (χ2v) is 8.64. The van der Waals surface area contributed by atoms with E-state index in [1.165, 1.54) is 70.6 Å². The van der Waals surface area contributed by atoms with E-state index in [1.807, 2.05) is 0 Å². The summed E-state index contributed by atoms with van der Waals surface area (Å²) in [5.74, 6) is 1.46. The maximum atomic E-state index is 11.7. The molecule has 2 aliphatic rings. The van der Waals surface area contributed by atoms with Crippen LogP contribution in [0.4, 0.5) is 0 Å². The van der Waals surface area contributed by atoms with Gasteiger partial charge in [-0.2, -0.15) is 4.98 Å². The highest BCUT2D eigenvalue weighted by Crippen LogP contribution is 2.31. The van der Waals surface area contributed by atoms with Gasteiger partial charge in [-0.05, 0) is 25.2 Å². The van der Waals surface area contributed by atoms with Crippen molar-refractivity contribution in [3.05, 3.63) is 11.7 Å². The van der Waals surface area contributed by atoms with Crippen LogP contribution in [0.2, 0.25) is 0 Å². The molecule has 2 saturated carbocycles. The lowest BCUT2D eigenvalue weighted by Crippen LogP contribution is -2.30. The normalized spacial score (nSPS) is 20.2. The van der Waals surface area contributed by atoms with Gasteiger partial charge in [0.15, 0.2) is 5.82 Å². The molecule has 3 N–H and O–H groups in total. The van der Waals surface area contributed by atoms with E-state index in [-0.39, 0.29) is 12.3 Å². The molecule has 28 heavy (non-hydrogen) atoms. The third-order valence-electron chi connectivity index (χ3n) is 6.43. The minimum absolute atomic E-state index is 0.133. The highest BCUT2D eigenvalue weighted by Gasteiger charge is 2.23. The molecular formula is C21H36N4O3. The molecule has 0 unspecified atom stereocenters. The average Bonchev–Trinajstić information content (AvgIpc) is 3.22. The fraction of sp³-hybridized carbons (Fsp3) is 0.857. The number of hydrogen-bond donors (Lipinski definition) is 3. The first-order valence-corrected chi connectivity index (χ1v) is 11.2. The molecule has 1 heterocycles. The molecule has 1 atom stereocenters. The van der Waals surface area contributed by atoms with Crippen LogP contribution in [0.3, 0.4) is 0 Å². The number of hydrogen-bond acceptors (Lipinski definition) is 6. The molecule has 0 aromatic carbocycles. The molecule has 0 spiro atoms. The fourth-order valence-electron chi connectivity index (χ4n) is 4.76. The Kier molecular flexibility index (Phi) is 8.73. The van der Waals surface area contributed by atoms with Gasteiger partial charge in [0.05, 0.1) is 6.54 Å². The average molecular weight is 393 g/mol. The van der Waals surface area contributed by atoms with Crippen LogP contribution in [0, 0.1) is 5.92 Å². The summed E-state index contributed by atoms with van der Waals surface area (Å²) in [5.41, 5.74) is 1.74. The molecule has 3 rings (SSSR count). The Bertz CT molecular complexity index is 580. The Morgan fingerprint density at radius 3 is 2.54 bits per heavy atom. The standard InChI is InChI=1S/C21H36N4O3/c26-20(24-27)14-17(11-7-10-16-8-3-1-4-9-16)21-23-19(25-28-21)15-22-18-12-5-2-6-13-18/h16-18,22,27H,1-15H2,(H,24,26)/t17-/m1/s1. The van der Waals surface area contributed by atoms with E-state index in [0.717, 1.165) is 18.8 Å². The van der Waals surface area contributed by atoms with Crippen LogP contribution in [0.15, 0.2) is 4.52 Å². The zero-order valence-electron chi connectivity index (χ0n) is 17.0. The van der Waals surface area contributed by atoms with E-state index in [2.05, 4.69) is 15.5 Å². The predicted octanol–water partition coefficient (Wildman–Crippen LogP) is 4.22. The van der Waals surface area contributed by atoms with Crippen LogP contribution in [0.25, 0.3) is 0 Å². The number of rotatable bonds is 10. The zero-order chi connectivity index (χ0) is 19.6. The van der Waals surface area contributed by atoms with Crippen molar-refractivity contribution >= 4 is 5.91 Å². The first kappa shape index (κ1) is 21.2. The van der Waals surface area contributed by atoms with Crippen molar-refractivity contribution < 1.29 is 14.5 Å². The van der Waals surface area contributed by atoms with Crippen LogP contribution >= 0.6 is 0 Å². The summed E-state index contributed by atoms with van der Waals surface area (Å²) in [6, 6.07) is 0.544. The van der Waals surface area contributed by atoms with Gasteiger partial charge in [-0.15, -0.1) is 0 Å². The molecule has 1 amide bonds. The van der Waals surface area contributed by atoms with E-state index < -0.39 is 5.91 Å². The van der Waals surface area contributed by atoms with Gasteiger partial charge in [-0.1, -0.05) is 69.4 Å². The number of carbonyl (C=O) groups is 1. The lowest BCUT2D eigenvalue weighted by molar-refractivity contribution is -0.129. The molecule has 2 fully saturated rings. The third kappa shape index (κ3) is 6.85. The van der Waals surface area contributed by atoms with Gasteiger partial charge in [0.2, 0.25) is 11.8 Å². The van der Waals surface area contributed by atoms with Crippen molar-refractivity contribution in [2.75, 3.05) is 0 Å². The fourth-order valence-corrected chi connectivity index (χ4v) is 4.76. The molecule has 7 heteroatoms. The van der Waals surface area contributed by atoms with Crippen molar-refractivity contribution in [3.8, 4) is 0 Å². The molecule has 0 radical (unpaired) electrons. The van der Waals surface area contributed by atoms with E-state index in [0.29, 0.717) is 24.3 Å². The molecule has 0 bridgehead atoms. The minimum atomic E-state index is -0.400. The Hall–Kier alpha value is -1.47. The van der Waals surface area contributed by atoms with Crippen molar-refractivity contribution in [2.24, 2.45) is 5.92 Å². The summed E-state index contributed by atoms with van der Waals surface area (Å²) >= 11 is 0. The second-order valence-electron chi connectivity index (χ2n) is 8.64. The summed E-state index contributed by atoms with van der Waals surface area (Å²) in [7, 11) is 0. The van der Waals surface area contributed by atoms with Crippen LogP contribution in [-0.4, -0.2) is 27.3 Å². The van der Waals surface area contributed by atoms with Gasteiger partial charge < -0.3 is 9.84 Å². The Balaban J connectivity index is 1.50. The SMILES string of the molecule is O=C(C[C@@H](CCCC1CCCCC1)c1nc(CNC2CCCCC2)no1)NO. The van der Waals surface area contributed by atoms with Gasteiger partial charge >= 0.3 is 0 Å². The molecule has 2 aliphatic carbocycles. The van der Waals surface area contributed by atoms with Gasteiger partial charge in [0.1, 0.15) is 0 Å². The maximum Gasteiger partial charge on any atom is 0.244 e. The Morgan fingerprint density at radius 1 is 1.11 bits per heavy atom. The van der Waals surface area contributed by atoms with Crippen molar-refractivity contribution in [2.45, 2.75) is 108 Å². The molecule has 158 valence electrons. The largest absolute Gasteiger partial charge is 0.339 e. The van der Waals surface area contributed by atoms with E-state index in [1.54, 1.807) is 5.48 Å². The maximum absolute atomic E-state index is 11.7. The highest BCUT2D eigenvalue weighted by atomic mass is 16.5. The lowest BCUT2D eigenvalue weighted by atomic mass is 9.84. The summed E-state index contributed by atoms with van der Waals surface area (Å²) in [4.78, 5) is 16.3. The summed E-state index contributed by atoms with van der Waals surface area (Å²) < 4.78 is 5.49. The smallest absolute Gasteiger partial charge is 0.244 e. The number of nitrogens with one attached hydrogen (secondary N) is 2. The van der Waals surface area contributed by atoms with E-state index >= 15 is 0 Å². The van der Waals surface area contributed by atoms with Gasteiger partial charge in [-0.3, -0.25) is 10.0 Å². The zero-order valence-corrected chi connectivity index (χ0v) is 17.0. The first-order chi connectivity index (χ1) is 13.7. The van der Waals surface area contributed by atoms with Crippen molar-refractivity contribution in [3.63, 3.8) is 0 Å². The third-order valence-corrected chi connectivity index (χ3v) is 6.43. The number of nitrogens with zero attached hydrogens (tertiary/aromatic N) is 2. The van der Waals surface area contributed by atoms with Crippen LogP contribution in [-0.2, 0) is 11.3 Å². The van der Waals surface area contributed by atoms with Crippen LogP contribution < -0.4 is 10.8 Å². The van der Waals surface area contributed by atoms with Crippen LogP contribution in [0.1, 0.15) is 108 Å². The van der Waals surface area contributed by atoms with Crippen molar-refractivity contribution in [1.29, 1.82) is 0 Å². The Morgan fingerprint density at radius 2 is 1.82 bits per heavy atom. The number of hydroxylamine groups is 1. The Labute approximate surface area is 168 Å². The van der Waals surface area contributed by atoms with Gasteiger partial charge in [0, 0.05) is 18.4 Å². The van der Waals surface area contributed by atoms with Gasteiger partial charge in [-0.25, -0.2) is 5.48 Å². The molecular weight excluding hydrogens is 356 g/mol. The molecule has 7 nitrogen and oxygen atoms in total. The van der Waals surface area contributed by atoms with Crippen LogP contribution in [0.5, 0.6) is 0 Å². The predicted molar refractivity (Wildman–Crippen MR) is 106 cm³/mol. The minimum Gasteiger partial charge on any atom is -0.339 e. The molecule has 0 saturated heterocycles. The second kappa shape index (κ2) is 11.5. The van der Waals surface area contributed by atoms with E-state index in [9.17, 15) is 4.79 Å². The summed E-state index contributed by atoms with van der Waals surface area (Å²) in [6.45, 7) is 0.606. The summed E-state index contributed by atoms with van der Waals surface area (Å²) in [5, 5.41) is 16.6. The lowest BCUT2D eigenvalue weighted by Gasteiger charge is -2.22. The first-order valence-electron chi connectivity index (χ1n) is 11.2. The monoisotopic (exact) mass is 392 g/mol. The number of aromatic nitrogens is 2. The number of carbonyl (C=O) groups excluding carboxylic acids is 1. The van der Waals surface area contributed by atoms with Gasteiger partial charge in [0.25, 0.3) is 0 Å². The topological polar surface area (TPSA) is 100 Å². The summed E-state index contributed by atoms with van der Waals surface area (Å²) in [6.07, 6.45) is 16.3. The molecule has 1 aromatic heterocycles. The molecule has 1 aromatic rings. The number of amides is 1. The quantitative estimate of drug-likeness (QED) is 0.407. The highest BCUT2D eigenvalue weighted by molar-refractivity contribution is 5.75. The molecule has 0 aliphatic heterocycles.